The maximum absolute atomic E-state index is 9.75. The lowest BCUT2D eigenvalue weighted by Gasteiger charge is -2.06. The first kappa shape index (κ1) is 11.5. The molecule has 4 heteroatoms. The van der Waals surface area contributed by atoms with Crippen LogP contribution >= 0.6 is 11.3 Å². The van der Waals surface area contributed by atoms with Crippen molar-refractivity contribution in [1.82, 2.24) is 4.98 Å². The van der Waals surface area contributed by atoms with Crippen LogP contribution in [0.15, 0.2) is 6.20 Å². The van der Waals surface area contributed by atoms with E-state index in [9.17, 15) is 5.11 Å². The van der Waals surface area contributed by atoms with E-state index >= 15 is 0 Å². The average molecular weight is 214 g/mol. The highest BCUT2D eigenvalue weighted by Crippen LogP contribution is 2.26. The molecule has 1 unspecified atom stereocenters. The number of nitrogens with zero attached hydrogens (tertiary/aromatic N) is 1. The minimum Gasteiger partial charge on any atom is -0.388 e. The molecule has 3 N–H and O–H groups in total. The van der Waals surface area contributed by atoms with Gasteiger partial charge >= 0.3 is 0 Å². The number of hydrogen-bond donors (Lipinski definition) is 2. The first-order valence-electron chi connectivity index (χ1n) is 5.13. The average Bonchev–Trinajstić information content (AvgIpc) is 2.59. The number of anilines is 1. The summed E-state index contributed by atoms with van der Waals surface area (Å²) < 4.78 is 0. The summed E-state index contributed by atoms with van der Waals surface area (Å²) in [5.41, 5.74) is 5.49. The number of thiazole rings is 1. The van der Waals surface area contributed by atoms with E-state index in [1.54, 1.807) is 6.20 Å². The van der Waals surface area contributed by atoms with E-state index in [1.165, 1.54) is 30.6 Å². The number of unbranched alkanes of at least 4 members (excludes halogenated alkanes) is 3. The predicted molar refractivity (Wildman–Crippen MR) is 60.2 cm³/mol. The molecule has 0 aliphatic rings. The summed E-state index contributed by atoms with van der Waals surface area (Å²) in [6.45, 7) is 2.18. The van der Waals surface area contributed by atoms with Crippen molar-refractivity contribution in [1.29, 1.82) is 0 Å². The predicted octanol–water partition coefficient (Wildman–Crippen LogP) is 2.73. The molecule has 1 aromatic rings. The quantitative estimate of drug-likeness (QED) is 0.716. The fraction of sp³-hybridized carbons (Fsp3) is 0.700. The van der Waals surface area contributed by atoms with E-state index in [0.29, 0.717) is 5.13 Å². The number of aromatic nitrogens is 1. The van der Waals surface area contributed by atoms with Gasteiger partial charge in [-0.1, -0.05) is 43.9 Å². The van der Waals surface area contributed by atoms with E-state index in [0.717, 1.165) is 17.7 Å². The lowest BCUT2D eigenvalue weighted by atomic mass is 10.1. The van der Waals surface area contributed by atoms with Gasteiger partial charge in [-0.2, -0.15) is 0 Å². The van der Waals surface area contributed by atoms with Crippen LogP contribution in [0.4, 0.5) is 5.13 Å². The summed E-state index contributed by atoms with van der Waals surface area (Å²) >= 11 is 1.38. The Morgan fingerprint density at radius 2 is 2.29 bits per heavy atom. The molecule has 0 saturated heterocycles. The summed E-state index contributed by atoms with van der Waals surface area (Å²) in [5.74, 6) is 0. The maximum Gasteiger partial charge on any atom is 0.180 e. The van der Waals surface area contributed by atoms with Crippen molar-refractivity contribution in [3.63, 3.8) is 0 Å². The van der Waals surface area contributed by atoms with Crippen molar-refractivity contribution in [3.8, 4) is 0 Å². The minimum atomic E-state index is -0.373. The van der Waals surface area contributed by atoms with Gasteiger partial charge in [0.05, 0.1) is 11.0 Å². The van der Waals surface area contributed by atoms with Gasteiger partial charge < -0.3 is 10.8 Å². The molecule has 3 nitrogen and oxygen atoms in total. The molecule has 0 bridgehead atoms. The molecule has 14 heavy (non-hydrogen) atoms. The van der Waals surface area contributed by atoms with Crippen molar-refractivity contribution < 1.29 is 5.11 Å². The molecule has 0 amide bonds. The van der Waals surface area contributed by atoms with Crippen molar-refractivity contribution >= 4 is 16.5 Å². The molecular weight excluding hydrogens is 196 g/mol. The Bertz CT molecular complexity index is 262. The lowest BCUT2D eigenvalue weighted by molar-refractivity contribution is 0.167. The lowest BCUT2D eigenvalue weighted by Crippen LogP contribution is -1.94. The summed E-state index contributed by atoms with van der Waals surface area (Å²) in [7, 11) is 0. The van der Waals surface area contributed by atoms with E-state index < -0.39 is 0 Å². The van der Waals surface area contributed by atoms with Gasteiger partial charge in [-0.05, 0) is 6.42 Å². The fourth-order valence-electron chi connectivity index (χ4n) is 1.36. The number of nitrogen functional groups attached to an aromatic ring is 1. The number of aliphatic hydroxyl groups excluding tert-OH is 1. The number of rotatable bonds is 6. The summed E-state index contributed by atoms with van der Waals surface area (Å²) in [6.07, 6.45) is 6.86. The molecule has 0 saturated carbocycles. The normalized spacial score (nSPS) is 13.0. The van der Waals surface area contributed by atoms with Gasteiger partial charge in [0, 0.05) is 6.20 Å². The topological polar surface area (TPSA) is 59.1 Å². The zero-order valence-electron chi connectivity index (χ0n) is 8.57. The zero-order valence-corrected chi connectivity index (χ0v) is 9.39. The van der Waals surface area contributed by atoms with Crippen LogP contribution in [0.25, 0.3) is 0 Å². The summed E-state index contributed by atoms with van der Waals surface area (Å²) in [5, 5.41) is 10.3. The van der Waals surface area contributed by atoms with Gasteiger partial charge in [-0.25, -0.2) is 4.98 Å². The molecule has 0 aliphatic carbocycles. The molecule has 1 heterocycles. The highest BCUT2D eigenvalue weighted by Gasteiger charge is 2.09. The van der Waals surface area contributed by atoms with E-state index in [-0.39, 0.29) is 6.10 Å². The second kappa shape index (κ2) is 5.98. The second-order valence-corrected chi connectivity index (χ2v) is 4.56. The fourth-order valence-corrected chi connectivity index (χ4v) is 2.07. The monoisotopic (exact) mass is 214 g/mol. The van der Waals surface area contributed by atoms with E-state index in [2.05, 4.69) is 11.9 Å². The second-order valence-electron chi connectivity index (χ2n) is 3.47. The van der Waals surface area contributed by atoms with Gasteiger partial charge in [-0.3, -0.25) is 0 Å². The molecule has 0 radical (unpaired) electrons. The number of hydrogen-bond acceptors (Lipinski definition) is 4. The Balaban J connectivity index is 2.25. The highest BCUT2D eigenvalue weighted by molar-refractivity contribution is 7.15. The maximum atomic E-state index is 9.75. The molecule has 0 aliphatic heterocycles. The van der Waals surface area contributed by atoms with Gasteiger partial charge in [0.1, 0.15) is 0 Å². The Morgan fingerprint density at radius 3 is 2.86 bits per heavy atom. The van der Waals surface area contributed by atoms with Gasteiger partial charge in [-0.15, -0.1) is 0 Å². The van der Waals surface area contributed by atoms with Crippen molar-refractivity contribution in [2.75, 3.05) is 5.73 Å². The number of nitrogens with two attached hydrogens (primary N) is 1. The Morgan fingerprint density at radius 1 is 1.50 bits per heavy atom. The van der Waals surface area contributed by atoms with Crippen LogP contribution < -0.4 is 5.73 Å². The standard InChI is InChI=1S/C10H18N2OS/c1-2-3-4-5-6-8(13)9-7-12-10(11)14-9/h7-8,13H,2-6H2,1H3,(H2,11,12). The highest BCUT2D eigenvalue weighted by atomic mass is 32.1. The molecule has 0 fully saturated rings. The van der Waals surface area contributed by atoms with Gasteiger partial charge in [0.15, 0.2) is 5.13 Å². The molecular formula is C10H18N2OS. The smallest absolute Gasteiger partial charge is 0.180 e. The third-order valence-electron chi connectivity index (χ3n) is 2.20. The number of aliphatic hydroxyl groups is 1. The molecule has 0 aromatic carbocycles. The summed E-state index contributed by atoms with van der Waals surface area (Å²) in [4.78, 5) is 4.81. The minimum absolute atomic E-state index is 0.373. The Hall–Kier alpha value is -0.610. The largest absolute Gasteiger partial charge is 0.388 e. The molecule has 1 atom stereocenters. The van der Waals surface area contributed by atoms with E-state index in [1.807, 2.05) is 0 Å². The molecule has 1 rings (SSSR count). The third-order valence-corrected chi connectivity index (χ3v) is 3.13. The van der Waals surface area contributed by atoms with Crippen LogP contribution in [-0.2, 0) is 0 Å². The van der Waals surface area contributed by atoms with Crippen molar-refractivity contribution in [2.24, 2.45) is 0 Å². The van der Waals surface area contributed by atoms with Crippen LogP contribution in [0.3, 0.4) is 0 Å². The van der Waals surface area contributed by atoms with Crippen molar-refractivity contribution in [3.05, 3.63) is 11.1 Å². The SMILES string of the molecule is CCCCCCC(O)c1cnc(N)s1. The van der Waals surface area contributed by atoms with E-state index in [4.69, 9.17) is 5.73 Å². The molecule has 1 aromatic heterocycles. The molecule has 80 valence electrons. The third kappa shape index (κ3) is 3.64. The first-order chi connectivity index (χ1) is 6.74. The summed E-state index contributed by atoms with van der Waals surface area (Å²) in [6, 6.07) is 0. The van der Waals surface area contributed by atoms with Crippen LogP contribution in [0.2, 0.25) is 0 Å². The van der Waals surface area contributed by atoms with Gasteiger partial charge in [0.25, 0.3) is 0 Å². The van der Waals surface area contributed by atoms with Crippen molar-refractivity contribution in [2.45, 2.75) is 45.1 Å². The van der Waals surface area contributed by atoms with Crippen LogP contribution in [0.1, 0.15) is 50.0 Å². The Labute approximate surface area is 89.0 Å². The van der Waals surface area contributed by atoms with Crippen LogP contribution in [0, 0.1) is 0 Å². The zero-order chi connectivity index (χ0) is 10.4. The van der Waals surface area contributed by atoms with Gasteiger partial charge in [0.2, 0.25) is 0 Å². The molecule has 0 spiro atoms. The Kier molecular flexibility index (Phi) is 4.90. The van der Waals surface area contributed by atoms with Crippen LogP contribution in [-0.4, -0.2) is 10.1 Å². The van der Waals surface area contributed by atoms with Crippen LogP contribution in [0.5, 0.6) is 0 Å². The first-order valence-corrected chi connectivity index (χ1v) is 5.95.